The van der Waals surface area contributed by atoms with Gasteiger partial charge < -0.3 is 5.32 Å². The lowest BCUT2D eigenvalue weighted by Crippen LogP contribution is -2.22. The Bertz CT molecular complexity index is 873. The summed E-state index contributed by atoms with van der Waals surface area (Å²) in [5.41, 5.74) is 5.35. The molecule has 0 fully saturated rings. The Hall–Kier alpha value is -3.25. The molecule has 1 unspecified atom stereocenters. The molecule has 2 amide bonds. The van der Waals surface area contributed by atoms with Crippen molar-refractivity contribution in [2.24, 2.45) is 4.99 Å². The summed E-state index contributed by atoms with van der Waals surface area (Å²) < 4.78 is 0. The highest BCUT2D eigenvalue weighted by molar-refractivity contribution is 6.19. The van der Waals surface area contributed by atoms with Crippen LogP contribution in [0.1, 0.15) is 23.6 Å². The summed E-state index contributed by atoms with van der Waals surface area (Å²) in [6.07, 6.45) is 2.75. The molecule has 0 aliphatic carbocycles. The van der Waals surface area contributed by atoms with Crippen LogP contribution in [0, 0.1) is 0 Å². The fourth-order valence-electron chi connectivity index (χ4n) is 2.57. The highest BCUT2D eigenvalue weighted by Crippen LogP contribution is 2.26. The number of hydrogen-bond donors (Lipinski definition) is 3. The van der Waals surface area contributed by atoms with Crippen molar-refractivity contribution >= 4 is 29.3 Å². The lowest BCUT2D eigenvalue weighted by molar-refractivity contribution is -0.124. The van der Waals surface area contributed by atoms with Gasteiger partial charge in [-0.3, -0.25) is 19.8 Å². The molecule has 3 N–H and O–H groups in total. The van der Waals surface area contributed by atoms with Crippen molar-refractivity contribution in [3.63, 3.8) is 0 Å². The van der Waals surface area contributed by atoms with Gasteiger partial charge in [-0.25, -0.2) is 5.48 Å². The number of rotatable bonds is 3. The number of carbonyl (C=O) groups excluding carboxylic acids is 2. The van der Waals surface area contributed by atoms with Crippen LogP contribution < -0.4 is 10.8 Å². The number of hydrogen-bond acceptors (Lipinski definition) is 4. The van der Waals surface area contributed by atoms with Gasteiger partial charge >= 0.3 is 0 Å². The normalized spacial score (nSPS) is 16.6. The molecule has 0 spiro atoms. The average molecular weight is 335 g/mol. The van der Waals surface area contributed by atoms with Gasteiger partial charge in [0.25, 0.3) is 5.91 Å². The van der Waals surface area contributed by atoms with Gasteiger partial charge in [-0.2, -0.15) is 0 Å². The first-order valence-corrected chi connectivity index (χ1v) is 7.79. The zero-order chi connectivity index (χ0) is 17.8. The van der Waals surface area contributed by atoms with Gasteiger partial charge in [-0.15, -0.1) is 0 Å². The van der Waals surface area contributed by atoms with E-state index < -0.39 is 11.9 Å². The third-order valence-electron chi connectivity index (χ3n) is 3.84. The molecule has 126 valence electrons. The summed E-state index contributed by atoms with van der Waals surface area (Å²) in [7, 11) is 0. The van der Waals surface area contributed by atoms with Crippen LogP contribution in [0.15, 0.2) is 59.6 Å². The molecule has 6 nitrogen and oxygen atoms in total. The van der Waals surface area contributed by atoms with E-state index in [1.807, 2.05) is 42.5 Å². The molecule has 0 aromatic heterocycles. The molecule has 3 rings (SSSR count). The smallest absolute Gasteiger partial charge is 0.267 e. The second kappa shape index (κ2) is 7.11. The van der Waals surface area contributed by atoms with E-state index in [0.717, 1.165) is 16.8 Å². The lowest BCUT2D eigenvalue weighted by atomic mass is 9.99. The van der Waals surface area contributed by atoms with Gasteiger partial charge in [0.15, 0.2) is 0 Å². The monoisotopic (exact) mass is 335 g/mol. The SMILES string of the molecule is CC1N=C(c2ccccc2)c2ccc(/C=C/C(=O)NO)cc2NC1=O. The summed E-state index contributed by atoms with van der Waals surface area (Å²) in [5, 5.41) is 11.4. The van der Waals surface area contributed by atoms with Crippen LogP contribution in [-0.2, 0) is 9.59 Å². The van der Waals surface area contributed by atoms with Gasteiger partial charge in [0.05, 0.1) is 11.4 Å². The van der Waals surface area contributed by atoms with Crippen molar-refractivity contribution in [2.45, 2.75) is 13.0 Å². The highest BCUT2D eigenvalue weighted by Gasteiger charge is 2.22. The number of nitrogens with zero attached hydrogens (tertiary/aromatic N) is 1. The predicted molar refractivity (Wildman–Crippen MR) is 95.6 cm³/mol. The van der Waals surface area contributed by atoms with E-state index in [2.05, 4.69) is 10.3 Å². The molecule has 2 aromatic rings. The van der Waals surface area contributed by atoms with E-state index in [1.54, 1.807) is 19.1 Å². The minimum atomic E-state index is -0.626. The predicted octanol–water partition coefficient (Wildman–Crippen LogP) is 2.38. The van der Waals surface area contributed by atoms with E-state index in [-0.39, 0.29) is 5.91 Å². The van der Waals surface area contributed by atoms with Crippen molar-refractivity contribution in [2.75, 3.05) is 5.32 Å². The Morgan fingerprint density at radius 1 is 1.24 bits per heavy atom. The van der Waals surface area contributed by atoms with Crippen LogP contribution in [0.5, 0.6) is 0 Å². The van der Waals surface area contributed by atoms with Gasteiger partial charge in [-0.1, -0.05) is 42.5 Å². The molecule has 2 aromatic carbocycles. The molecular formula is C19H17N3O3. The zero-order valence-corrected chi connectivity index (χ0v) is 13.6. The fraction of sp³-hybridized carbons (Fsp3) is 0.105. The number of amides is 2. The number of benzodiazepines with no additional fused rings is 1. The van der Waals surface area contributed by atoms with Crippen molar-refractivity contribution in [3.8, 4) is 0 Å². The minimum Gasteiger partial charge on any atom is -0.324 e. The first-order chi connectivity index (χ1) is 12.1. The Kier molecular flexibility index (Phi) is 4.72. The quantitative estimate of drug-likeness (QED) is 0.457. The highest BCUT2D eigenvalue weighted by atomic mass is 16.5. The lowest BCUT2D eigenvalue weighted by Gasteiger charge is -2.11. The van der Waals surface area contributed by atoms with Gasteiger partial charge in [0, 0.05) is 17.2 Å². The number of carbonyl (C=O) groups is 2. The van der Waals surface area contributed by atoms with Gasteiger partial charge in [-0.05, 0) is 24.6 Å². The van der Waals surface area contributed by atoms with Crippen molar-refractivity contribution < 1.29 is 14.8 Å². The molecule has 0 bridgehead atoms. The first kappa shape index (κ1) is 16.6. The summed E-state index contributed by atoms with van der Waals surface area (Å²) in [4.78, 5) is 27.9. The van der Waals surface area contributed by atoms with Crippen LogP contribution in [0.4, 0.5) is 5.69 Å². The fourth-order valence-corrected chi connectivity index (χ4v) is 2.57. The number of hydroxylamine groups is 1. The number of nitrogens with one attached hydrogen (secondary N) is 2. The van der Waals surface area contributed by atoms with Crippen molar-refractivity contribution in [3.05, 3.63) is 71.3 Å². The van der Waals surface area contributed by atoms with E-state index in [4.69, 9.17) is 5.21 Å². The van der Waals surface area contributed by atoms with Crippen molar-refractivity contribution in [1.29, 1.82) is 0 Å². The standard InChI is InChI=1S/C19H17N3O3/c1-12-19(24)21-16-11-13(8-10-17(23)22-25)7-9-15(16)18(20-12)14-5-3-2-4-6-14/h2-12,25H,1H3,(H,21,24)(H,22,23)/b10-8+. The molecule has 25 heavy (non-hydrogen) atoms. The molecule has 1 aliphatic rings. The summed E-state index contributed by atoms with van der Waals surface area (Å²) in [6, 6.07) is 14.6. The second-order valence-corrected chi connectivity index (χ2v) is 5.62. The van der Waals surface area contributed by atoms with Gasteiger partial charge in [0.2, 0.25) is 5.91 Å². The third-order valence-corrected chi connectivity index (χ3v) is 3.84. The summed E-state index contributed by atoms with van der Waals surface area (Å²) in [5.74, 6) is -0.819. The molecule has 0 saturated heterocycles. The Morgan fingerprint density at radius 2 is 2.00 bits per heavy atom. The van der Waals surface area contributed by atoms with Crippen LogP contribution in [0.2, 0.25) is 0 Å². The Morgan fingerprint density at radius 3 is 2.72 bits per heavy atom. The van der Waals surface area contributed by atoms with E-state index in [0.29, 0.717) is 11.3 Å². The van der Waals surface area contributed by atoms with Crippen LogP contribution >= 0.6 is 0 Å². The maximum atomic E-state index is 12.2. The number of aliphatic imine (C=N–C) groups is 1. The average Bonchev–Trinajstić information content (AvgIpc) is 2.76. The molecule has 6 heteroatoms. The summed E-state index contributed by atoms with van der Waals surface area (Å²) >= 11 is 0. The number of fused-ring (bicyclic) bond motifs is 1. The Balaban J connectivity index is 2.06. The van der Waals surface area contributed by atoms with Crippen LogP contribution in [-0.4, -0.2) is 28.8 Å². The van der Waals surface area contributed by atoms with E-state index >= 15 is 0 Å². The van der Waals surface area contributed by atoms with Gasteiger partial charge in [0.1, 0.15) is 6.04 Å². The minimum absolute atomic E-state index is 0.193. The molecule has 1 aliphatic heterocycles. The third kappa shape index (κ3) is 3.64. The number of anilines is 1. The number of benzene rings is 2. The molecule has 0 saturated carbocycles. The zero-order valence-electron chi connectivity index (χ0n) is 13.6. The largest absolute Gasteiger partial charge is 0.324 e. The maximum Gasteiger partial charge on any atom is 0.267 e. The van der Waals surface area contributed by atoms with Crippen molar-refractivity contribution in [1.82, 2.24) is 5.48 Å². The maximum absolute atomic E-state index is 12.2. The van der Waals surface area contributed by atoms with Crippen LogP contribution in [0.3, 0.4) is 0 Å². The van der Waals surface area contributed by atoms with Crippen LogP contribution in [0.25, 0.3) is 6.08 Å². The van der Waals surface area contributed by atoms with E-state index in [9.17, 15) is 9.59 Å². The molecular weight excluding hydrogens is 318 g/mol. The topological polar surface area (TPSA) is 90.8 Å². The molecule has 0 radical (unpaired) electrons. The first-order valence-electron chi connectivity index (χ1n) is 7.79. The second-order valence-electron chi connectivity index (χ2n) is 5.62. The van der Waals surface area contributed by atoms with E-state index in [1.165, 1.54) is 11.6 Å². The molecule has 1 heterocycles. The Labute approximate surface area is 144 Å². The summed E-state index contributed by atoms with van der Waals surface area (Å²) in [6.45, 7) is 1.75. The molecule has 1 atom stereocenters.